The van der Waals surface area contributed by atoms with Crippen LogP contribution in [0.4, 0.5) is 0 Å². The van der Waals surface area contributed by atoms with Crippen LogP contribution in [-0.4, -0.2) is 87.5 Å². The molecule has 1 fully saturated rings. The molecule has 1 rings (SSSR count). The van der Waals surface area contributed by atoms with Gasteiger partial charge < -0.3 is 40.3 Å². The SMILES string of the molecule is CCCCCCCC/C=C\CCCCCCCCCCCCCC(=O)NC(COC1OC(CO)[C@H](O)[C@@H](O)C1O)C(O)/C=C/CCCCCCCCCCCCCC. The van der Waals surface area contributed by atoms with Crippen molar-refractivity contribution in [3.8, 4) is 0 Å². The Kier molecular flexibility index (Phi) is 37.5. The van der Waals surface area contributed by atoms with Gasteiger partial charge in [0, 0.05) is 6.42 Å². The average Bonchev–Trinajstić information content (AvgIpc) is 3.22. The highest BCUT2D eigenvalue weighted by Gasteiger charge is 2.44. The summed E-state index contributed by atoms with van der Waals surface area (Å²) in [6.45, 7) is 3.78. The minimum Gasteiger partial charge on any atom is -0.394 e. The van der Waals surface area contributed by atoms with E-state index in [4.69, 9.17) is 9.47 Å². The predicted molar refractivity (Wildman–Crippen MR) is 240 cm³/mol. The number of unbranched alkanes of at least 4 members (excludes halogenated alkanes) is 29. The molecular formula is C49H93NO8. The number of rotatable bonds is 41. The van der Waals surface area contributed by atoms with E-state index in [0.717, 1.165) is 38.5 Å². The van der Waals surface area contributed by atoms with Crippen LogP contribution in [0.1, 0.15) is 226 Å². The molecule has 1 aliphatic rings. The standard InChI is InChI=1S/C49H93NO8/c1-3-5-7-9-11-13-15-17-19-20-21-22-23-24-25-27-29-31-33-35-37-39-45(53)50-42(41-57-49-48(56)47(55)46(54)44(40-51)58-49)43(52)38-36-34-32-30-28-26-18-16-14-12-10-8-6-4-2/h17,19,36,38,42-44,46-49,51-52,54-56H,3-16,18,20-35,37,39-41H2,1-2H3,(H,50,53)/b19-17-,38-36+/t42?,43?,44?,46-,47+,48?,49?/m0/s1. The van der Waals surface area contributed by atoms with Gasteiger partial charge in [0.05, 0.1) is 25.4 Å². The van der Waals surface area contributed by atoms with Crippen LogP contribution in [0.2, 0.25) is 0 Å². The lowest BCUT2D eigenvalue weighted by Crippen LogP contribution is -2.60. The molecule has 0 aromatic heterocycles. The topological polar surface area (TPSA) is 149 Å². The number of aliphatic hydroxyl groups excluding tert-OH is 5. The first kappa shape index (κ1) is 54.7. The molecule has 9 heteroatoms. The Morgan fingerprint density at radius 2 is 0.966 bits per heavy atom. The summed E-state index contributed by atoms with van der Waals surface area (Å²) in [5, 5.41) is 54.2. The highest BCUT2D eigenvalue weighted by molar-refractivity contribution is 5.76. The third-order valence-corrected chi connectivity index (χ3v) is 11.8. The first-order valence-electron chi connectivity index (χ1n) is 24.6. The number of allylic oxidation sites excluding steroid dienone is 3. The minimum atomic E-state index is -1.56. The van der Waals surface area contributed by atoms with Crippen molar-refractivity contribution in [3.05, 3.63) is 24.3 Å². The Balaban J connectivity index is 2.29. The Labute approximate surface area is 356 Å². The fraction of sp³-hybridized carbons (Fsp3) is 0.898. The van der Waals surface area contributed by atoms with Gasteiger partial charge in [-0.2, -0.15) is 0 Å². The summed E-state index contributed by atoms with van der Waals surface area (Å²) in [4.78, 5) is 13.0. The Morgan fingerprint density at radius 1 is 0.569 bits per heavy atom. The molecule has 0 aromatic carbocycles. The molecule has 1 heterocycles. The van der Waals surface area contributed by atoms with E-state index in [1.165, 1.54) is 167 Å². The summed E-state index contributed by atoms with van der Waals surface area (Å²) in [6, 6.07) is -0.801. The van der Waals surface area contributed by atoms with Gasteiger partial charge in [-0.3, -0.25) is 4.79 Å². The van der Waals surface area contributed by atoms with Gasteiger partial charge >= 0.3 is 0 Å². The lowest BCUT2D eigenvalue weighted by atomic mass is 9.99. The van der Waals surface area contributed by atoms with Crippen molar-refractivity contribution in [1.82, 2.24) is 5.32 Å². The van der Waals surface area contributed by atoms with Crippen molar-refractivity contribution in [3.63, 3.8) is 0 Å². The van der Waals surface area contributed by atoms with Crippen molar-refractivity contribution in [2.45, 2.75) is 269 Å². The van der Waals surface area contributed by atoms with E-state index < -0.39 is 49.5 Å². The van der Waals surface area contributed by atoms with Crippen LogP contribution in [0.15, 0.2) is 24.3 Å². The maximum Gasteiger partial charge on any atom is 0.220 e. The maximum absolute atomic E-state index is 13.0. The van der Waals surface area contributed by atoms with Gasteiger partial charge in [-0.25, -0.2) is 0 Å². The smallest absolute Gasteiger partial charge is 0.220 e. The van der Waals surface area contributed by atoms with Crippen LogP contribution < -0.4 is 5.32 Å². The van der Waals surface area contributed by atoms with Crippen LogP contribution in [0.25, 0.3) is 0 Å². The molecule has 342 valence electrons. The second-order valence-corrected chi connectivity index (χ2v) is 17.3. The Morgan fingerprint density at radius 3 is 1.40 bits per heavy atom. The minimum absolute atomic E-state index is 0.177. The molecule has 0 bridgehead atoms. The van der Waals surface area contributed by atoms with Gasteiger partial charge in [0.1, 0.15) is 24.4 Å². The highest BCUT2D eigenvalue weighted by atomic mass is 16.7. The fourth-order valence-corrected chi connectivity index (χ4v) is 7.80. The zero-order valence-electron chi connectivity index (χ0n) is 37.6. The molecule has 0 aliphatic carbocycles. The molecule has 0 aromatic rings. The highest BCUT2D eigenvalue weighted by Crippen LogP contribution is 2.23. The van der Waals surface area contributed by atoms with E-state index in [-0.39, 0.29) is 12.5 Å². The third kappa shape index (κ3) is 29.8. The number of aliphatic hydroxyl groups is 5. The molecule has 6 N–H and O–H groups in total. The van der Waals surface area contributed by atoms with Crippen LogP contribution in [0.5, 0.6) is 0 Å². The Bertz CT molecular complexity index is 961. The lowest BCUT2D eigenvalue weighted by Gasteiger charge is -2.40. The van der Waals surface area contributed by atoms with E-state index in [2.05, 4.69) is 31.3 Å². The van der Waals surface area contributed by atoms with Crippen LogP contribution in [0.3, 0.4) is 0 Å². The summed E-state index contributed by atoms with van der Waals surface area (Å²) < 4.78 is 11.2. The van der Waals surface area contributed by atoms with Gasteiger partial charge in [0.25, 0.3) is 0 Å². The van der Waals surface area contributed by atoms with Gasteiger partial charge in [-0.1, -0.05) is 199 Å². The summed E-state index contributed by atoms with van der Waals surface area (Å²) in [5.74, 6) is -0.177. The molecule has 9 nitrogen and oxygen atoms in total. The molecule has 1 saturated heterocycles. The predicted octanol–water partition coefficient (Wildman–Crippen LogP) is 10.7. The Hall–Kier alpha value is -1.33. The second kappa shape index (κ2) is 39.8. The second-order valence-electron chi connectivity index (χ2n) is 17.3. The third-order valence-electron chi connectivity index (χ3n) is 11.8. The van der Waals surface area contributed by atoms with Gasteiger partial charge in [-0.05, 0) is 44.9 Å². The number of hydrogen-bond donors (Lipinski definition) is 6. The zero-order valence-corrected chi connectivity index (χ0v) is 37.6. The van der Waals surface area contributed by atoms with Crippen molar-refractivity contribution < 1.29 is 39.8 Å². The van der Waals surface area contributed by atoms with Gasteiger partial charge in [0.2, 0.25) is 5.91 Å². The van der Waals surface area contributed by atoms with E-state index in [1.54, 1.807) is 6.08 Å². The normalized spacial score (nSPS) is 21.0. The van der Waals surface area contributed by atoms with E-state index in [1.807, 2.05) is 6.08 Å². The summed E-state index contributed by atoms with van der Waals surface area (Å²) in [5.41, 5.74) is 0. The number of carbonyl (C=O) groups is 1. The molecular weight excluding hydrogens is 731 g/mol. The first-order valence-corrected chi connectivity index (χ1v) is 24.6. The summed E-state index contributed by atoms with van der Waals surface area (Å²) in [7, 11) is 0. The van der Waals surface area contributed by atoms with Crippen molar-refractivity contribution >= 4 is 5.91 Å². The molecule has 5 unspecified atom stereocenters. The number of nitrogens with one attached hydrogen (secondary N) is 1. The molecule has 58 heavy (non-hydrogen) atoms. The van der Waals surface area contributed by atoms with Gasteiger partial charge in [0.15, 0.2) is 6.29 Å². The number of hydrogen-bond acceptors (Lipinski definition) is 8. The van der Waals surface area contributed by atoms with Gasteiger partial charge in [-0.15, -0.1) is 0 Å². The molecule has 0 spiro atoms. The van der Waals surface area contributed by atoms with E-state index >= 15 is 0 Å². The maximum atomic E-state index is 13.0. The van der Waals surface area contributed by atoms with Crippen LogP contribution in [0, 0.1) is 0 Å². The number of amides is 1. The molecule has 1 amide bonds. The summed E-state index contributed by atoms with van der Waals surface area (Å²) in [6.07, 6.45) is 40.8. The molecule has 7 atom stereocenters. The quantitative estimate of drug-likeness (QED) is 0.0264. The zero-order chi connectivity index (χ0) is 42.3. The molecule has 0 saturated carbocycles. The lowest BCUT2D eigenvalue weighted by molar-refractivity contribution is -0.302. The van der Waals surface area contributed by atoms with E-state index in [0.29, 0.717) is 6.42 Å². The molecule has 0 radical (unpaired) electrons. The van der Waals surface area contributed by atoms with Crippen molar-refractivity contribution in [2.75, 3.05) is 13.2 Å². The van der Waals surface area contributed by atoms with Crippen molar-refractivity contribution in [1.29, 1.82) is 0 Å². The summed E-state index contributed by atoms with van der Waals surface area (Å²) >= 11 is 0. The monoisotopic (exact) mass is 824 g/mol. The first-order chi connectivity index (χ1) is 28.3. The van der Waals surface area contributed by atoms with Crippen molar-refractivity contribution in [2.24, 2.45) is 0 Å². The van der Waals surface area contributed by atoms with E-state index in [9.17, 15) is 30.3 Å². The van der Waals surface area contributed by atoms with Crippen LogP contribution >= 0.6 is 0 Å². The number of ether oxygens (including phenoxy) is 2. The van der Waals surface area contributed by atoms with Crippen LogP contribution in [-0.2, 0) is 14.3 Å². The molecule has 1 aliphatic heterocycles. The largest absolute Gasteiger partial charge is 0.394 e. The average molecular weight is 824 g/mol. The number of carbonyl (C=O) groups excluding carboxylic acids is 1. The fourth-order valence-electron chi connectivity index (χ4n) is 7.80.